The number of nitrogens with one attached hydrogen (secondary N) is 1. The third-order valence-corrected chi connectivity index (χ3v) is 4.00. The molecule has 0 saturated carbocycles. The first-order chi connectivity index (χ1) is 12.4. The first kappa shape index (κ1) is 18.0. The Morgan fingerprint density at radius 3 is 2.54 bits per heavy atom. The molecule has 5 heteroatoms. The second-order valence-electron chi connectivity index (χ2n) is 6.88. The second kappa shape index (κ2) is 7.22. The number of hydrogen-bond acceptors (Lipinski definition) is 4. The highest BCUT2D eigenvalue weighted by molar-refractivity contribution is 6.07. The number of benzene rings is 2. The maximum Gasteiger partial charge on any atom is 0.255 e. The number of rotatable bonds is 6. The van der Waals surface area contributed by atoms with Crippen LogP contribution in [0, 0.1) is 6.92 Å². The van der Waals surface area contributed by atoms with Crippen LogP contribution < -0.4 is 10.1 Å². The molecule has 5 nitrogen and oxygen atoms in total. The molecular weight excluding hydrogens is 330 g/mol. The van der Waals surface area contributed by atoms with Gasteiger partial charge in [0.1, 0.15) is 22.8 Å². The van der Waals surface area contributed by atoms with Crippen LogP contribution in [0.2, 0.25) is 0 Å². The summed E-state index contributed by atoms with van der Waals surface area (Å²) in [6.45, 7) is 6.03. The Kier molecular flexibility index (Phi) is 5.00. The van der Waals surface area contributed by atoms with Gasteiger partial charge in [-0.25, -0.2) is 0 Å². The zero-order valence-electron chi connectivity index (χ0n) is 15.5. The summed E-state index contributed by atoms with van der Waals surface area (Å²) in [5, 5.41) is 3.72. The minimum Gasteiger partial charge on any atom is -0.461 e. The van der Waals surface area contributed by atoms with Crippen LogP contribution in [-0.2, 0) is 4.74 Å². The maximum atomic E-state index is 12.8. The average molecular weight is 353 g/mol. The highest BCUT2D eigenvalue weighted by Crippen LogP contribution is 2.31. The monoisotopic (exact) mass is 353 g/mol. The van der Waals surface area contributed by atoms with Crippen LogP contribution in [0.5, 0.6) is 11.5 Å². The maximum absolute atomic E-state index is 12.8. The van der Waals surface area contributed by atoms with E-state index in [-0.39, 0.29) is 5.91 Å². The van der Waals surface area contributed by atoms with Crippen LogP contribution in [0.1, 0.15) is 30.0 Å². The smallest absolute Gasteiger partial charge is 0.255 e. The first-order valence-corrected chi connectivity index (χ1v) is 8.47. The van der Waals surface area contributed by atoms with Crippen LogP contribution in [-0.4, -0.2) is 25.2 Å². The summed E-state index contributed by atoms with van der Waals surface area (Å²) < 4.78 is 16.8. The number of fused-ring (bicyclic) bond motifs is 1. The van der Waals surface area contributed by atoms with Crippen LogP contribution in [0.25, 0.3) is 11.0 Å². The van der Waals surface area contributed by atoms with Gasteiger partial charge in [0, 0.05) is 12.5 Å². The van der Waals surface area contributed by atoms with Gasteiger partial charge in [0.05, 0.1) is 17.7 Å². The van der Waals surface area contributed by atoms with E-state index in [2.05, 4.69) is 5.32 Å². The topological polar surface area (TPSA) is 60.7 Å². The van der Waals surface area contributed by atoms with Crippen LogP contribution in [0.15, 0.2) is 52.9 Å². The number of ether oxygens (including phenoxy) is 2. The lowest BCUT2D eigenvalue weighted by atomic mass is 10.0. The molecule has 1 N–H and O–H groups in total. The predicted octanol–water partition coefficient (Wildman–Crippen LogP) is 4.69. The summed E-state index contributed by atoms with van der Waals surface area (Å²) in [6.07, 6.45) is 0. The van der Waals surface area contributed by atoms with Gasteiger partial charge < -0.3 is 19.2 Å². The van der Waals surface area contributed by atoms with Crippen molar-refractivity contribution in [2.24, 2.45) is 0 Å². The minimum absolute atomic E-state index is 0.194. The Morgan fingerprint density at radius 1 is 1.12 bits per heavy atom. The zero-order valence-corrected chi connectivity index (χ0v) is 15.5. The number of aryl methyl sites for hydroxylation is 1. The van der Waals surface area contributed by atoms with Gasteiger partial charge in [-0.1, -0.05) is 18.2 Å². The quantitative estimate of drug-likeness (QED) is 0.698. The zero-order chi connectivity index (χ0) is 18.7. The fourth-order valence-corrected chi connectivity index (χ4v) is 2.94. The number of carbonyl (C=O) groups is 1. The van der Waals surface area contributed by atoms with E-state index in [1.807, 2.05) is 62.4 Å². The number of amides is 1. The third kappa shape index (κ3) is 3.89. The number of hydrogen-bond donors (Lipinski definition) is 1. The summed E-state index contributed by atoms with van der Waals surface area (Å²) >= 11 is 0. The van der Waals surface area contributed by atoms with E-state index < -0.39 is 5.54 Å². The molecule has 0 aliphatic rings. The van der Waals surface area contributed by atoms with Gasteiger partial charge in [0.25, 0.3) is 5.91 Å². The molecule has 0 bridgehead atoms. The van der Waals surface area contributed by atoms with Crippen molar-refractivity contribution in [3.8, 4) is 11.5 Å². The largest absolute Gasteiger partial charge is 0.461 e. The van der Waals surface area contributed by atoms with Gasteiger partial charge in [-0.2, -0.15) is 0 Å². The fraction of sp³-hybridized carbons (Fsp3) is 0.286. The fourth-order valence-electron chi connectivity index (χ4n) is 2.94. The summed E-state index contributed by atoms with van der Waals surface area (Å²) in [4.78, 5) is 12.8. The van der Waals surface area contributed by atoms with E-state index in [9.17, 15) is 4.79 Å². The van der Waals surface area contributed by atoms with Gasteiger partial charge in [-0.3, -0.25) is 4.79 Å². The predicted molar refractivity (Wildman–Crippen MR) is 101 cm³/mol. The molecule has 1 amide bonds. The van der Waals surface area contributed by atoms with Crippen molar-refractivity contribution in [1.29, 1.82) is 0 Å². The second-order valence-corrected chi connectivity index (χ2v) is 6.88. The lowest BCUT2D eigenvalue weighted by Crippen LogP contribution is -2.46. The van der Waals surface area contributed by atoms with Crippen LogP contribution >= 0.6 is 0 Å². The van der Waals surface area contributed by atoms with Crippen molar-refractivity contribution >= 4 is 16.9 Å². The summed E-state index contributed by atoms with van der Waals surface area (Å²) in [5.74, 6) is 1.76. The molecule has 0 atom stereocenters. The molecule has 0 aliphatic carbocycles. The Hall–Kier alpha value is -2.79. The number of methoxy groups -OCH3 is 1. The first-order valence-electron chi connectivity index (χ1n) is 8.47. The molecule has 136 valence electrons. The van der Waals surface area contributed by atoms with Gasteiger partial charge in [-0.05, 0) is 51.1 Å². The van der Waals surface area contributed by atoms with E-state index in [0.29, 0.717) is 29.3 Å². The summed E-state index contributed by atoms with van der Waals surface area (Å²) in [5.41, 5.74) is 0.681. The number of carbonyl (C=O) groups excluding carboxylic acids is 1. The van der Waals surface area contributed by atoms with Crippen molar-refractivity contribution < 1.29 is 18.7 Å². The van der Waals surface area contributed by atoms with Crippen molar-refractivity contribution in [2.45, 2.75) is 26.3 Å². The minimum atomic E-state index is -0.486. The molecule has 3 rings (SSSR count). The van der Waals surface area contributed by atoms with Crippen molar-refractivity contribution in [3.63, 3.8) is 0 Å². The lowest BCUT2D eigenvalue weighted by molar-refractivity contribution is 0.0820. The number of furan rings is 1. The summed E-state index contributed by atoms with van der Waals surface area (Å²) in [7, 11) is 1.61. The van der Waals surface area contributed by atoms with E-state index in [4.69, 9.17) is 13.9 Å². The van der Waals surface area contributed by atoms with E-state index in [1.54, 1.807) is 14.0 Å². The van der Waals surface area contributed by atoms with Gasteiger partial charge in [0.15, 0.2) is 0 Å². The van der Waals surface area contributed by atoms with Crippen molar-refractivity contribution in [2.75, 3.05) is 13.7 Å². The Labute approximate surface area is 152 Å². The molecule has 1 heterocycles. The average Bonchev–Trinajstić information content (AvgIpc) is 2.90. The Bertz CT molecular complexity index is 912. The molecule has 0 aliphatic heterocycles. The highest BCUT2D eigenvalue weighted by Gasteiger charge is 2.25. The van der Waals surface area contributed by atoms with Crippen molar-refractivity contribution in [3.05, 3.63) is 59.9 Å². The summed E-state index contributed by atoms with van der Waals surface area (Å²) in [6, 6.07) is 15.0. The molecule has 3 aromatic rings. The molecule has 0 saturated heterocycles. The third-order valence-electron chi connectivity index (χ3n) is 4.00. The molecule has 0 fully saturated rings. The van der Waals surface area contributed by atoms with Crippen molar-refractivity contribution in [1.82, 2.24) is 5.32 Å². The highest BCUT2D eigenvalue weighted by atomic mass is 16.5. The van der Waals surface area contributed by atoms with Gasteiger partial charge >= 0.3 is 0 Å². The van der Waals surface area contributed by atoms with Gasteiger partial charge in [0.2, 0.25) is 0 Å². The van der Waals surface area contributed by atoms with Crippen LogP contribution in [0.3, 0.4) is 0 Å². The van der Waals surface area contributed by atoms with Crippen LogP contribution in [0.4, 0.5) is 0 Å². The Morgan fingerprint density at radius 2 is 1.85 bits per heavy atom. The van der Waals surface area contributed by atoms with E-state index in [1.165, 1.54) is 0 Å². The molecule has 0 unspecified atom stereocenters. The molecule has 2 aromatic carbocycles. The Balaban J connectivity index is 1.93. The molecule has 1 aromatic heterocycles. The van der Waals surface area contributed by atoms with E-state index in [0.717, 1.165) is 11.1 Å². The number of para-hydroxylation sites is 1. The SMILES string of the molecule is COCC(C)(C)NC(=O)c1c(C)oc2ccc(Oc3ccccc3)cc12. The normalized spacial score (nSPS) is 11.5. The molecular formula is C21H23NO4. The lowest BCUT2D eigenvalue weighted by Gasteiger charge is -2.25. The van der Waals surface area contributed by atoms with Gasteiger partial charge in [-0.15, -0.1) is 0 Å². The standard InChI is InChI=1S/C21H23NO4/c1-14-19(20(23)22-21(2,3)13-24-4)17-12-16(10-11-18(17)25-14)26-15-8-6-5-7-9-15/h5-12H,13H2,1-4H3,(H,22,23). The molecule has 26 heavy (non-hydrogen) atoms. The molecule has 0 spiro atoms. The molecule has 0 radical (unpaired) electrons. The van der Waals surface area contributed by atoms with E-state index >= 15 is 0 Å².